The van der Waals surface area contributed by atoms with Crippen LogP contribution in [0.5, 0.6) is 0 Å². The minimum absolute atomic E-state index is 0.0778. The number of nitrogens with two attached hydrogens (primary N) is 1. The van der Waals surface area contributed by atoms with Crippen molar-refractivity contribution in [3.8, 4) is 6.07 Å². The molecule has 0 aliphatic heterocycles. The third kappa shape index (κ3) is 1.98. The zero-order valence-electron chi connectivity index (χ0n) is 6.36. The normalized spacial score (nSPS) is 10.8. The van der Waals surface area contributed by atoms with Gasteiger partial charge < -0.3 is 0 Å². The Labute approximate surface area is 80.6 Å². The predicted octanol–water partition coefficient (Wildman–Crippen LogP) is 0.859. The first-order valence-electron chi connectivity index (χ1n) is 3.18. The van der Waals surface area contributed by atoms with Crippen LogP contribution in [-0.2, 0) is 10.0 Å². The van der Waals surface area contributed by atoms with Crippen LogP contribution in [-0.4, -0.2) is 8.42 Å². The topological polar surface area (TPSA) is 83.9 Å². The summed E-state index contributed by atoms with van der Waals surface area (Å²) in [6.07, 6.45) is 0. The molecule has 1 rings (SSSR count). The number of hydrogen-bond acceptors (Lipinski definition) is 3. The molecule has 0 heterocycles. The van der Waals surface area contributed by atoms with E-state index in [-0.39, 0.29) is 15.5 Å². The van der Waals surface area contributed by atoms with Gasteiger partial charge in [-0.2, -0.15) is 5.26 Å². The summed E-state index contributed by atoms with van der Waals surface area (Å²) in [5, 5.41) is 13.6. The lowest BCUT2D eigenvalue weighted by atomic mass is 10.2. The molecule has 0 saturated heterocycles. The van der Waals surface area contributed by atoms with Crippen molar-refractivity contribution in [2.75, 3.05) is 0 Å². The molecule has 13 heavy (non-hydrogen) atoms. The highest BCUT2D eigenvalue weighted by molar-refractivity contribution is 7.89. The Hall–Kier alpha value is -1.09. The fraction of sp³-hybridized carbons (Fsp3) is 0. The fourth-order valence-corrected chi connectivity index (χ4v) is 1.83. The van der Waals surface area contributed by atoms with E-state index in [9.17, 15) is 8.42 Å². The number of rotatable bonds is 1. The Bertz CT molecular complexity index is 476. The quantitative estimate of drug-likeness (QED) is 0.756. The highest BCUT2D eigenvalue weighted by Gasteiger charge is 2.15. The number of benzene rings is 1. The van der Waals surface area contributed by atoms with Gasteiger partial charge in [-0.25, -0.2) is 13.6 Å². The van der Waals surface area contributed by atoms with Crippen molar-refractivity contribution in [1.82, 2.24) is 0 Å². The van der Waals surface area contributed by atoms with Gasteiger partial charge in [0.1, 0.15) is 11.0 Å². The van der Waals surface area contributed by atoms with Gasteiger partial charge in [0, 0.05) is 0 Å². The van der Waals surface area contributed by atoms with Crippen LogP contribution < -0.4 is 5.14 Å². The summed E-state index contributed by atoms with van der Waals surface area (Å²) in [6, 6.07) is 5.76. The molecule has 0 fully saturated rings. The molecule has 0 aliphatic carbocycles. The van der Waals surface area contributed by atoms with E-state index in [1.165, 1.54) is 18.2 Å². The Morgan fingerprint density at radius 3 is 2.46 bits per heavy atom. The zero-order chi connectivity index (χ0) is 10.1. The van der Waals surface area contributed by atoms with Crippen LogP contribution in [0.3, 0.4) is 0 Å². The minimum atomic E-state index is -3.88. The monoisotopic (exact) mass is 216 g/mol. The number of sulfonamides is 1. The van der Waals surface area contributed by atoms with Crippen molar-refractivity contribution in [2.45, 2.75) is 4.90 Å². The Kier molecular flexibility index (Phi) is 2.57. The van der Waals surface area contributed by atoms with E-state index in [0.717, 1.165) is 0 Å². The van der Waals surface area contributed by atoms with E-state index in [1.54, 1.807) is 6.07 Å². The molecular weight excluding hydrogens is 212 g/mol. The van der Waals surface area contributed by atoms with Gasteiger partial charge in [-0.1, -0.05) is 17.7 Å². The zero-order valence-corrected chi connectivity index (χ0v) is 7.93. The fourth-order valence-electron chi connectivity index (χ4n) is 0.850. The second-order valence-corrected chi connectivity index (χ2v) is 4.21. The Morgan fingerprint density at radius 2 is 2.08 bits per heavy atom. The molecule has 0 aliphatic rings. The summed E-state index contributed by atoms with van der Waals surface area (Å²) in [5.41, 5.74) is -0.119. The molecule has 68 valence electrons. The van der Waals surface area contributed by atoms with Crippen molar-refractivity contribution in [1.29, 1.82) is 5.26 Å². The molecule has 1 aromatic rings. The third-order valence-electron chi connectivity index (χ3n) is 1.39. The van der Waals surface area contributed by atoms with Crippen LogP contribution in [0.25, 0.3) is 0 Å². The van der Waals surface area contributed by atoms with E-state index >= 15 is 0 Å². The molecule has 1 aromatic carbocycles. The van der Waals surface area contributed by atoms with Crippen molar-refractivity contribution in [3.05, 3.63) is 28.8 Å². The van der Waals surface area contributed by atoms with Crippen LogP contribution in [0.15, 0.2) is 23.1 Å². The van der Waals surface area contributed by atoms with Gasteiger partial charge in [0.2, 0.25) is 10.0 Å². The number of halogens is 1. The van der Waals surface area contributed by atoms with Crippen LogP contribution in [0.1, 0.15) is 5.56 Å². The van der Waals surface area contributed by atoms with Gasteiger partial charge in [-0.05, 0) is 12.1 Å². The van der Waals surface area contributed by atoms with Crippen molar-refractivity contribution >= 4 is 21.6 Å². The molecule has 0 spiro atoms. The highest BCUT2D eigenvalue weighted by Crippen LogP contribution is 2.21. The minimum Gasteiger partial charge on any atom is -0.225 e. The van der Waals surface area contributed by atoms with E-state index in [0.29, 0.717) is 0 Å². The SMILES string of the molecule is N#Cc1c(Cl)cccc1S(N)(=O)=O. The average molecular weight is 217 g/mol. The molecule has 4 nitrogen and oxygen atoms in total. The van der Waals surface area contributed by atoms with Gasteiger partial charge in [0.15, 0.2) is 0 Å². The number of hydrogen-bond donors (Lipinski definition) is 1. The first-order valence-corrected chi connectivity index (χ1v) is 5.10. The summed E-state index contributed by atoms with van der Waals surface area (Å²) in [5.74, 6) is 0. The van der Waals surface area contributed by atoms with E-state index in [4.69, 9.17) is 22.0 Å². The Morgan fingerprint density at radius 1 is 1.46 bits per heavy atom. The van der Waals surface area contributed by atoms with E-state index in [2.05, 4.69) is 0 Å². The number of nitriles is 1. The molecule has 2 N–H and O–H groups in total. The predicted molar refractivity (Wildman–Crippen MR) is 47.5 cm³/mol. The van der Waals surface area contributed by atoms with Gasteiger partial charge >= 0.3 is 0 Å². The second-order valence-electron chi connectivity index (χ2n) is 2.27. The lowest BCUT2D eigenvalue weighted by Crippen LogP contribution is -2.13. The molecule has 0 radical (unpaired) electrons. The van der Waals surface area contributed by atoms with Gasteiger partial charge in [0.25, 0.3) is 0 Å². The van der Waals surface area contributed by atoms with Crippen LogP contribution >= 0.6 is 11.6 Å². The summed E-state index contributed by atoms with van der Waals surface area (Å²) >= 11 is 5.59. The largest absolute Gasteiger partial charge is 0.239 e. The van der Waals surface area contributed by atoms with Gasteiger partial charge in [0.05, 0.1) is 10.6 Å². The summed E-state index contributed by atoms with van der Waals surface area (Å²) in [6.45, 7) is 0. The molecular formula is C7H5ClN2O2S. The lowest BCUT2D eigenvalue weighted by molar-refractivity contribution is 0.597. The maximum Gasteiger partial charge on any atom is 0.239 e. The maximum atomic E-state index is 10.9. The first-order chi connectivity index (χ1) is 5.96. The molecule has 6 heteroatoms. The van der Waals surface area contributed by atoms with Crippen LogP contribution in [0, 0.1) is 11.3 Å². The van der Waals surface area contributed by atoms with E-state index in [1.807, 2.05) is 0 Å². The van der Waals surface area contributed by atoms with Gasteiger partial charge in [-0.15, -0.1) is 0 Å². The lowest BCUT2D eigenvalue weighted by Gasteiger charge is -2.01. The summed E-state index contributed by atoms with van der Waals surface area (Å²) in [7, 11) is -3.88. The maximum absolute atomic E-state index is 10.9. The highest BCUT2D eigenvalue weighted by atomic mass is 35.5. The molecule has 0 saturated carbocycles. The summed E-state index contributed by atoms with van der Waals surface area (Å²) in [4.78, 5) is -0.248. The van der Waals surface area contributed by atoms with Gasteiger partial charge in [-0.3, -0.25) is 0 Å². The number of primary sulfonamides is 1. The third-order valence-corrected chi connectivity index (χ3v) is 2.66. The molecule has 0 amide bonds. The smallest absolute Gasteiger partial charge is 0.225 e. The van der Waals surface area contributed by atoms with Crippen molar-refractivity contribution < 1.29 is 8.42 Å². The standard InChI is InChI=1S/C7H5ClN2O2S/c8-6-2-1-3-7(5(6)4-9)13(10,11)12/h1-3H,(H2,10,11,12). The first kappa shape index (κ1) is 9.99. The van der Waals surface area contributed by atoms with Crippen LogP contribution in [0.4, 0.5) is 0 Å². The van der Waals surface area contributed by atoms with Crippen molar-refractivity contribution in [3.63, 3.8) is 0 Å². The summed E-state index contributed by atoms with van der Waals surface area (Å²) < 4.78 is 21.9. The molecule has 0 unspecified atom stereocenters. The number of nitrogens with zero attached hydrogens (tertiary/aromatic N) is 1. The second kappa shape index (κ2) is 3.34. The molecule has 0 aromatic heterocycles. The van der Waals surface area contributed by atoms with Crippen LogP contribution in [0.2, 0.25) is 5.02 Å². The molecule has 0 bridgehead atoms. The van der Waals surface area contributed by atoms with Crippen molar-refractivity contribution in [2.24, 2.45) is 5.14 Å². The van der Waals surface area contributed by atoms with E-state index < -0.39 is 10.0 Å². The molecule has 0 atom stereocenters. The Balaban J connectivity index is 3.59. The average Bonchev–Trinajstić information content (AvgIpc) is 2.02.